The molecule has 0 saturated carbocycles. The van der Waals surface area contributed by atoms with Gasteiger partial charge in [0.2, 0.25) is 0 Å². The van der Waals surface area contributed by atoms with Gasteiger partial charge in [-0.15, -0.1) is 0 Å². The van der Waals surface area contributed by atoms with Crippen LogP contribution in [0.2, 0.25) is 0 Å². The number of nitrogens with one attached hydrogen (secondary N) is 1. The Morgan fingerprint density at radius 2 is 1.59 bits per heavy atom. The fourth-order valence-electron chi connectivity index (χ4n) is 2.26. The van der Waals surface area contributed by atoms with Crippen molar-refractivity contribution in [2.75, 3.05) is 30.3 Å². The SMILES string of the molecule is CCOc1ccc(S(=O)(=O)Nc2ccc(N(C)C)c(C(=O)O)c2)cc1.O=C(O)C(F)(F)F. The lowest BCUT2D eigenvalue weighted by atomic mass is 10.1. The second-order valence-electron chi connectivity index (χ2n) is 6.24. The van der Waals surface area contributed by atoms with E-state index in [-0.39, 0.29) is 16.1 Å². The highest BCUT2D eigenvalue weighted by molar-refractivity contribution is 7.92. The van der Waals surface area contributed by atoms with E-state index in [9.17, 15) is 31.5 Å². The molecule has 0 fully saturated rings. The van der Waals surface area contributed by atoms with Crippen LogP contribution < -0.4 is 14.4 Å². The first kappa shape index (κ1) is 26.6. The number of halogens is 3. The van der Waals surface area contributed by atoms with Crippen LogP contribution in [0.25, 0.3) is 0 Å². The van der Waals surface area contributed by atoms with Gasteiger partial charge in [0.15, 0.2) is 0 Å². The second-order valence-corrected chi connectivity index (χ2v) is 7.93. The van der Waals surface area contributed by atoms with Gasteiger partial charge in [-0.2, -0.15) is 13.2 Å². The molecule has 0 atom stereocenters. The molecule has 0 spiro atoms. The third-order valence-corrected chi connectivity index (χ3v) is 5.05. The molecule has 3 N–H and O–H groups in total. The quantitative estimate of drug-likeness (QED) is 0.552. The average molecular weight is 478 g/mol. The smallest absolute Gasteiger partial charge is 0.490 e. The number of carboxylic acids is 2. The molecule has 0 aromatic heterocycles. The van der Waals surface area contributed by atoms with Gasteiger partial charge in [-0.05, 0) is 49.4 Å². The largest absolute Gasteiger partial charge is 0.494 e. The number of aromatic carboxylic acids is 1. The normalized spacial score (nSPS) is 11.1. The van der Waals surface area contributed by atoms with Crippen LogP contribution >= 0.6 is 0 Å². The fraction of sp³-hybridized carbons (Fsp3) is 0.263. The molecular formula is C19H21F3N2O7S. The van der Waals surface area contributed by atoms with E-state index >= 15 is 0 Å². The van der Waals surface area contributed by atoms with Gasteiger partial charge < -0.3 is 19.8 Å². The first-order valence-corrected chi connectivity index (χ1v) is 10.3. The second kappa shape index (κ2) is 10.7. The van der Waals surface area contributed by atoms with Crippen molar-refractivity contribution in [3.63, 3.8) is 0 Å². The number of anilines is 2. The Balaban J connectivity index is 0.000000633. The van der Waals surface area contributed by atoms with Crippen molar-refractivity contribution < 1.29 is 46.1 Å². The number of carbonyl (C=O) groups is 2. The highest BCUT2D eigenvalue weighted by Gasteiger charge is 2.38. The summed E-state index contributed by atoms with van der Waals surface area (Å²) in [5, 5.41) is 16.4. The zero-order valence-corrected chi connectivity index (χ0v) is 18.0. The molecule has 0 saturated heterocycles. The Morgan fingerprint density at radius 3 is 2.00 bits per heavy atom. The van der Waals surface area contributed by atoms with Crippen molar-refractivity contribution in [2.45, 2.75) is 18.0 Å². The first-order valence-electron chi connectivity index (χ1n) is 8.79. The molecule has 0 aliphatic carbocycles. The summed E-state index contributed by atoms with van der Waals surface area (Å²) in [4.78, 5) is 22.0. The zero-order valence-electron chi connectivity index (χ0n) is 17.2. The van der Waals surface area contributed by atoms with Crippen molar-refractivity contribution in [3.8, 4) is 5.75 Å². The Bertz CT molecular complexity index is 1050. The molecule has 176 valence electrons. The number of aliphatic carboxylic acids is 1. The summed E-state index contributed by atoms with van der Waals surface area (Å²) >= 11 is 0. The van der Waals surface area contributed by atoms with Gasteiger partial charge in [-0.1, -0.05) is 0 Å². The number of hydrogen-bond donors (Lipinski definition) is 3. The summed E-state index contributed by atoms with van der Waals surface area (Å²) in [7, 11) is -0.405. The number of hydrogen-bond acceptors (Lipinski definition) is 6. The number of benzene rings is 2. The van der Waals surface area contributed by atoms with Gasteiger partial charge in [0.1, 0.15) is 5.75 Å². The van der Waals surface area contributed by atoms with E-state index in [1.54, 1.807) is 37.2 Å². The van der Waals surface area contributed by atoms with Crippen LogP contribution in [0.5, 0.6) is 5.75 Å². The molecule has 0 amide bonds. The lowest BCUT2D eigenvalue weighted by molar-refractivity contribution is -0.192. The van der Waals surface area contributed by atoms with E-state index < -0.39 is 28.1 Å². The van der Waals surface area contributed by atoms with Gasteiger partial charge in [-0.3, -0.25) is 4.72 Å². The Labute approximate surface area is 182 Å². The number of nitrogens with zero attached hydrogens (tertiary/aromatic N) is 1. The van der Waals surface area contributed by atoms with Gasteiger partial charge in [0, 0.05) is 19.8 Å². The van der Waals surface area contributed by atoms with Gasteiger partial charge in [-0.25, -0.2) is 18.0 Å². The van der Waals surface area contributed by atoms with Crippen LogP contribution in [0.4, 0.5) is 24.5 Å². The predicted octanol–water partition coefficient (Wildman–Crippen LogP) is 3.28. The van der Waals surface area contributed by atoms with Crippen LogP contribution in [-0.2, 0) is 14.8 Å². The summed E-state index contributed by atoms with van der Waals surface area (Å²) in [5.74, 6) is -3.32. The van der Waals surface area contributed by atoms with E-state index in [1.807, 2.05) is 6.92 Å². The van der Waals surface area contributed by atoms with Gasteiger partial charge in [0.05, 0.1) is 22.8 Å². The minimum Gasteiger partial charge on any atom is -0.494 e. The van der Waals surface area contributed by atoms with Crippen LogP contribution in [0.1, 0.15) is 17.3 Å². The predicted molar refractivity (Wildman–Crippen MR) is 110 cm³/mol. The van der Waals surface area contributed by atoms with Crippen LogP contribution in [-0.4, -0.2) is 57.4 Å². The molecule has 2 aromatic rings. The topological polar surface area (TPSA) is 133 Å². The maximum atomic E-state index is 12.5. The third kappa shape index (κ3) is 7.65. The maximum Gasteiger partial charge on any atom is 0.490 e. The van der Waals surface area contributed by atoms with Crippen molar-refractivity contribution in [1.29, 1.82) is 0 Å². The van der Waals surface area contributed by atoms with Crippen molar-refractivity contribution >= 4 is 33.3 Å². The average Bonchev–Trinajstić information content (AvgIpc) is 2.68. The maximum absolute atomic E-state index is 12.5. The third-order valence-electron chi connectivity index (χ3n) is 3.65. The molecule has 32 heavy (non-hydrogen) atoms. The molecule has 0 radical (unpaired) electrons. The van der Waals surface area contributed by atoms with Gasteiger partial charge in [0.25, 0.3) is 10.0 Å². The van der Waals surface area contributed by atoms with Crippen LogP contribution in [0.3, 0.4) is 0 Å². The fourth-order valence-corrected chi connectivity index (χ4v) is 3.31. The summed E-state index contributed by atoms with van der Waals surface area (Å²) < 4.78 is 64.3. The molecule has 0 aliphatic heterocycles. The van der Waals surface area contributed by atoms with Crippen molar-refractivity contribution in [1.82, 2.24) is 0 Å². The number of carboxylic acid groups (broad SMARTS) is 2. The Kier molecular flexibility index (Phi) is 8.88. The zero-order chi connectivity index (χ0) is 24.7. The minimum atomic E-state index is -5.08. The number of sulfonamides is 1. The minimum absolute atomic E-state index is 0.0110. The number of ether oxygens (including phenoxy) is 1. The molecule has 2 rings (SSSR count). The first-order chi connectivity index (χ1) is 14.7. The summed E-state index contributed by atoms with van der Waals surface area (Å²) in [6.07, 6.45) is -5.08. The standard InChI is InChI=1S/C17H20N2O5S.C2HF3O2/c1-4-24-13-6-8-14(9-7-13)25(22,23)18-12-5-10-16(19(2)3)15(11-12)17(20)21;3-2(4,5)1(6)7/h5-11,18H,4H2,1-3H3,(H,20,21);(H,6,7). The monoisotopic (exact) mass is 478 g/mol. The van der Waals surface area contributed by atoms with E-state index in [4.69, 9.17) is 14.6 Å². The van der Waals surface area contributed by atoms with Crippen molar-refractivity contribution in [2.24, 2.45) is 0 Å². The number of rotatable bonds is 7. The summed E-state index contributed by atoms with van der Waals surface area (Å²) in [6, 6.07) is 10.4. The molecule has 9 nitrogen and oxygen atoms in total. The van der Waals surface area contributed by atoms with E-state index in [0.29, 0.717) is 18.0 Å². The molecule has 0 aliphatic rings. The van der Waals surface area contributed by atoms with Crippen molar-refractivity contribution in [3.05, 3.63) is 48.0 Å². The van der Waals surface area contributed by atoms with E-state index in [2.05, 4.69) is 4.72 Å². The number of alkyl halides is 3. The highest BCUT2D eigenvalue weighted by atomic mass is 32.2. The van der Waals surface area contributed by atoms with Gasteiger partial charge >= 0.3 is 18.1 Å². The molecular weight excluding hydrogens is 457 g/mol. The van der Waals surface area contributed by atoms with E-state index in [0.717, 1.165) is 0 Å². The molecule has 13 heteroatoms. The Hall–Kier alpha value is -3.48. The molecule has 0 heterocycles. The highest BCUT2D eigenvalue weighted by Crippen LogP contribution is 2.25. The molecule has 0 unspecified atom stereocenters. The summed E-state index contributed by atoms with van der Waals surface area (Å²) in [5.41, 5.74) is 0.672. The van der Waals surface area contributed by atoms with Crippen LogP contribution in [0, 0.1) is 0 Å². The van der Waals surface area contributed by atoms with E-state index in [1.165, 1.54) is 24.3 Å². The lowest BCUT2D eigenvalue weighted by Crippen LogP contribution is -2.21. The van der Waals surface area contributed by atoms with Crippen LogP contribution in [0.15, 0.2) is 47.4 Å². The molecule has 0 bridgehead atoms. The molecule has 2 aromatic carbocycles. The summed E-state index contributed by atoms with van der Waals surface area (Å²) in [6.45, 7) is 2.32. The lowest BCUT2D eigenvalue weighted by Gasteiger charge is -2.17. The Morgan fingerprint density at radius 1 is 1.06 bits per heavy atom.